The molecule has 0 aliphatic rings. The first-order valence-electron chi connectivity index (χ1n) is 10.2. The molecule has 0 unspecified atom stereocenters. The number of amides is 1. The third kappa shape index (κ3) is 6.42. The Morgan fingerprint density at radius 3 is 2.22 bits per heavy atom. The number of nitrogens with one attached hydrogen (secondary N) is 1. The number of carbonyl (C=O) groups excluding carboxylic acids is 1. The molecule has 5 heteroatoms. The Balaban J connectivity index is 1.69. The van der Waals surface area contributed by atoms with Gasteiger partial charge in [-0.1, -0.05) is 76.8 Å². The molecule has 148 valence electrons. The zero-order valence-electron chi connectivity index (χ0n) is 16.3. The molecular weight excluding hydrogens is 342 g/mol. The van der Waals surface area contributed by atoms with Crippen LogP contribution in [0.25, 0.3) is 11.0 Å². The van der Waals surface area contributed by atoms with E-state index in [1.54, 1.807) is 24.3 Å². The van der Waals surface area contributed by atoms with Gasteiger partial charge in [-0.05, 0) is 18.6 Å². The predicted octanol–water partition coefficient (Wildman–Crippen LogP) is 5.15. The summed E-state index contributed by atoms with van der Waals surface area (Å²) in [6.07, 6.45) is 12.2. The van der Waals surface area contributed by atoms with Crippen molar-refractivity contribution in [2.45, 2.75) is 71.1 Å². The van der Waals surface area contributed by atoms with Crippen LogP contribution in [0.5, 0.6) is 5.75 Å². The van der Waals surface area contributed by atoms with Crippen molar-refractivity contribution in [1.82, 2.24) is 5.32 Å². The molecule has 2 aromatic rings. The summed E-state index contributed by atoms with van der Waals surface area (Å²) in [4.78, 5) is 24.3. The van der Waals surface area contributed by atoms with Gasteiger partial charge in [0.25, 0.3) is 5.91 Å². The number of hydrogen-bond donors (Lipinski definition) is 2. The van der Waals surface area contributed by atoms with Crippen LogP contribution >= 0.6 is 0 Å². The van der Waals surface area contributed by atoms with Crippen molar-refractivity contribution >= 4 is 16.9 Å². The van der Waals surface area contributed by atoms with E-state index in [1.165, 1.54) is 44.9 Å². The lowest BCUT2D eigenvalue weighted by Gasteiger charge is -2.07. The van der Waals surface area contributed by atoms with Crippen LogP contribution in [-0.4, -0.2) is 17.6 Å². The van der Waals surface area contributed by atoms with Crippen molar-refractivity contribution in [3.63, 3.8) is 0 Å². The highest BCUT2D eigenvalue weighted by molar-refractivity contribution is 6.01. The fourth-order valence-electron chi connectivity index (χ4n) is 3.24. The monoisotopic (exact) mass is 373 g/mol. The van der Waals surface area contributed by atoms with Crippen LogP contribution in [0.1, 0.15) is 81.5 Å². The Kier molecular flexibility index (Phi) is 8.89. The predicted molar refractivity (Wildman–Crippen MR) is 108 cm³/mol. The number of para-hydroxylation sites is 1. The van der Waals surface area contributed by atoms with Gasteiger partial charge in [0, 0.05) is 6.54 Å². The van der Waals surface area contributed by atoms with Crippen LogP contribution in [-0.2, 0) is 0 Å². The highest BCUT2D eigenvalue weighted by Gasteiger charge is 2.20. The zero-order chi connectivity index (χ0) is 19.5. The number of rotatable bonds is 12. The maximum absolute atomic E-state index is 12.3. The average Bonchev–Trinajstić information content (AvgIpc) is 2.66. The summed E-state index contributed by atoms with van der Waals surface area (Å²) in [5.74, 6) is -0.898. The van der Waals surface area contributed by atoms with Crippen LogP contribution in [0.15, 0.2) is 33.5 Å². The topological polar surface area (TPSA) is 79.5 Å². The smallest absolute Gasteiger partial charge is 0.353 e. The van der Waals surface area contributed by atoms with Gasteiger partial charge in [0.05, 0.1) is 5.39 Å². The molecule has 1 amide bonds. The van der Waals surface area contributed by atoms with E-state index >= 15 is 0 Å². The molecule has 2 N–H and O–H groups in total. The second-order valence-electron chi connectivity index (χ2n) is 7.05. The van der Waals surface area contributed by atoms with E-state index in [0.29, 0.717) is 11.9 Å². The molecule has 1 aromatic carbocycles. The van der Waals surface area contributed by atoms with Gasteiger partial charge in [0.15, 0.2) is 5.56 Å². The molecule has 0 saturated carbocycles. The van der Waals surface area contributed by atoms with Gasteiger partial charge in [0.2, 0.25) is 0 Å². The Bertz CT molecular complexity index is 781. The normalized spacial score (nSPS) is 11.0. The van der Waals surface area contributed by atoms with Gasteiger partial charge >= 0.3 is 5.63 Å². The molecule has 0 bridgehead atoms. The summed E-state index contributed by atoms with van der Waals surface area (Å²) in [6.45, 7) is 2.72. The van der Waals surface area contributed by atoms with Gasteiger partial charge in [-0.15, -0.1) is 0 Å². The number of benzene rings is 1. The first kappa shape index (κ1) is 21.0. The Morgan fingerprint density at radius 2 is 1.56 bits per heavy atom. The van der Waals surface area contributed by atoms with Crippen molar-refractivity contribution in [2.75, 3.05) is 6.54 Å². The van der Waals surface area contributed by atoms with E-state index in [2.05, 4.69) is 12.2 Å². The van der Waals surface area contributed by atoms with Gasteiger partial charge < -0.3 is 14.8 Å². The molecule has 1 aromatic heterocycles. The molecule has 0 spiro atoms. The standard InChI is InChI=1S/C22H31NO4/c1-2-3-4-5-6-7-8-9-10-13-16-23-21(25)19-20(24)17-14-11-12-15-18(17)27-22(19)26/h11-12,14-15,24H,2-10,13,16H2,1H3,(H,23,25). The maximum atomic E-state index is 12.3. The lowest BCUT2D eigenvalue weighted by Crippen LogP contribution is -2.29. The van der Waals surface area contributed by atoms with Crippen LogP contribution in [0, 0.1) is 0 Å². The van der Waals surface area contributed by atoms with Crippen LogP contribution in [0.4, 0.5) is 0 Å². The fraction of sp³-hybridized carbons (Fsp3) is 0.545. The lowest BCUT2D eigenvalue weighted by molar-refractivity contribution is 0.0946. The zero-order valence-corrected chi connectivity index (χ0v) is 16.3. The molecule has 0 fully saturated rings. The molecule has 0 saturated heterocycles. The first-order valence-corrected chi connectivity index (χ1v) is 10.2. The number of hydrogen-bond acceptors (Lipinski definition) is 4. The summed E-state index contributed by atoms with van der Waals surface area (Å²) < 4.78 is 5.13. The van der Waals surface area contributed by atoms with Gasteiger partial charge in [0.1, 0.15) is 11.3 Å². The number of unbranched alkanes of at least 4 members (excludes halogenated alkanes) is 9. The Hall–Kier alpha value is -2.30. The third-order valence-corrected chi connectivity index (χ3v) is 4.83. The molecular formula is C22H31NO4. The highest BCUT2D eigenvalue weighted by Crippen LogP contribution is 2.25. The molecule has 0 atom stereocenters. The van der Waals surface area contributed by atoms with Gasteiger partial charge in [-0.3, -0.25) is 4.79 Å². The number of carbonyl (C=O) groups is 1. The van der Waals surface area contributed by atoms with Crippen LogP contribution in [0.2, 0.25) is 0 Å². The Labute approximate surface area is 160 Å². The van der Waals surface area contributed by atoms with Crippen molar-refractivity contribution in [1.29, 1.82) is 0 Å². The maximum Gasteiger partial charge on any atom is 0.353 e. The van der Waals surface area contributed by atoms with E-state index < -0.39 is 11.5 Å². The molecule has 0 aliphatic carbocycles. The molecule has 5 nitrogen and oxygen atoms in total. The second kappa shape index (κ2) is 11.4. The molecule has 1 heterocycles. The van der Waals surface area contributed by atoms with E-state index in [-0.39, 0.29) is 16.9 Å². The minimum Gasteiger partial charge on any atom is -0.506 e. The van der Waals surface area contributed by atoms with Crippen molar-refractivity contribution in [2.24, 2.45) is 0 Å². The highest BCUT2D eigenvalue weighted by atomic mass is 16.4. The first-order chi connectivity index (χ1) is 13.1. The summed E-state index contributed by atoms with van der Waals surface area (Å²) >= 11 is 0. The lowest BCUT2D eigenvalue weighted by atomic mass is 10.1. The molecule has 0 radical (unpaired) electrons. The van der Waals surface area contributed by atoms with Crippen molar-refractivity contribution in [3.05, 3.63) is 40.2 Å². The quantitative estimate of drug-likeness (QED) is 0.398. The largest absolute Gasteiger partial charge is 0.506 e. The summed E-state index contributed by atoms with van der Waals surface area (Å²) in [5.41, 5.74) is -0.862. The molecule has 27 heavy (non-hydrogen) atoms. The SMILES string of the molecule is CCCCCCCCCCCCNC(=O)c1c(O)c2ccccc2oc1=O. The van der Waals surface area contributed by atoms with Gasteiger partial charge in [-0.2, -0.15) is 0 Å². The third-order valence-electron chi connectivity index (χ3n) is 4.83. The van der Waals surface area contributed by atoms with Crippen molar-refractivity contribution in [3.8, 4) is 5.75 Å². The summed E-state index contributed by atoms with van der Waals surface area (Å²) in [5, 5.41) is 13.3. The van der Waals surface area contributed by atoms with E-state index in [1.807, 2.05) is 0 Å². The van der Waals surface area contributed by atoms with E-state index in [0.717, 1.165) is 19.3 Å². The minimum absolute atomic E-state index is 0.270. The summed E-state index contributed by atoms with van der Waals surface area (Å²) in [6, 6.07) is 6.62. The molecule has 2 rings (SSSR count). The fourth-order valence-corrected chi connectivity index (χ4v) is 3.24. The minimum atomic E-state index is -0.813. The Morgan fingerprint density at radius 1 is 0.963 bits per heavy atom. The number of fused-ring (bicyclic) bond motifs is 1. The summed E-state index contributed by atoms with van der Waals surface area (Å²) in [7, 11) is 0. The number of aromatic hydroxyl groups is 1. The second-order valence-corrected chi connectivity index (χ2v) is 7.05. The van der Waals surface area contributed by atoms with Crippen LogP contribution < -0.4 is 10.9 Å². The molecule has 0 aliphatic heterocycles. The van der Waals surface area contributed by atoms with E-state index in [9.17, 15) is 14.7 Å². The van der Waals surface area contributed by atoms with Gasteiger partial charge in [-0.25, -0.2) is 4.79 Å². The average molecular weight is 373 g/mol. The van der Waals surface area contributed by atoms with E-state index in [4.69, 9.17) is 4.42 Å². The van der Waals surface area contributed by atoms with Crippen molar-refractivity contribution < 1.29 is 14.3 Å². The van der Waals surface area contributed by atoms with Crippen LogP contribution in [0.3, 0.4) is 0 Å².